The lowest BCUT2D eigenvalue weighted by molar-refractivity contribution is -0.390. The van der Waals surface area contributed by atoms with Crippen molar-refractivity contribution >= 4 is 11.6 Å². The van der Waals surface area contributed by atoms with Gasteiger partial charge in [0.2, 0.25) is 5.82 Å². The molecule has 0 radical (unpaired) electrons. The summed E-state index contributed by atoms with van der Waals surface area (Å²) in [6, 6.07) is 0.325. The van der Waals surface area contributed by atoms with E-state index in [1.807, 2.05) is 13.8 Å². The van der Waals surface area contributed by atoms with Crippen LogP contribution in [0.5, 0.6) is 5.75 Å². The summed E-state index contributed by atoms with van der Waals surface area (Å²) >= 11 is 0. The Morgan fingerprint density at radius 1 is 1.42 bits per heavy atom. The van der Waals surface area contributed by atoms with Crippen molar-refractivity contribution in [1.29, 1.82) is 0 Å². The molecule has 0 unspecified atom stereocenters. The molecule has 0 amide bonds. The third-order valence-electron chi connectivity index (χ3n) is 3.19. The van der Waals surface area contributed by atoms with E-state index in [1.54, 1.807) is 0 Å². The highest BCUT2D eigenvalue weighted by atomic mass is 16.6. The number of rotatable bonds is 5. The fourth-order valence-electron chi connectivity index (χ4n) is 2.33. The summed E-state index contributed by atoms with van der Waals surface area (Å²) in [5.41, 5.74) is 0. The average Bonchev–Trinajstić information content (AvgIpc) is 2.73. The lowest BCUT2D eigenvalue weighted by atomic mass is 9.95. The lowest BCUT2D eigenvalue weighted by Crippen LogP contribution is -2.23. The maximum absolute atomic E-state index is 10.9. The van der Waals surface area contributed by atoms with Gasteiger partial charge in [0.15, 0.2) is 0 Å². The van der Waals surface area contributed by atoms with Gasteiger partial charge in [-0.2, -0.15) is 0 Å². The summed E-state index contributed by atoms with van der Waals surface area (Å²) in [7, 11) is 0. The molecule has 1 heterocycles. The molecule has 1 aliphatic rings. The van der Waals surface area contributed by atoms with Crippen LogP contribution in [0.2, 0.25) is 0 Å². The van der Waals surface area contributed by atoms with Gasteiger partial charge < -0.3 is 20.2 Å². The number of aromatic nitrogens is 2. The third kappa shape index (κ3) is 3.36. The number of nitrogens with one attached hydrogen (secondary N) is 2. The molecule has 19 heavy (non-hydrogen) atoms. The fraction of sp³-hybridized carbons (Fsp3) is 0.750. The lowest BCUT2D eigenvalue weighted by Gasteiger charge is -2.22. The molecule has 1 aliphatic carbocycles. The van der Waals surface area contributed by atoms with Crippen molar-refractivity contribution in [1.82, 2.24) is 10.2 Å². The maximum atomic E-state index is 10.9. The second kappa shape index (κ2) is 5.90. The summed E-state index contributed by atoms with van der Waals surface area (Å²) in [6.45, 7) is 3.67. The van der Waals surface area contributed by atoms with Crippen molar-refractivity contribution in [2.24, 2.45) is 0 Å². The Kier molecular flexibility index (Phi) is 4.24. The third-order valence-corrected chi connectivity index (χ3v) is 3.19. The zero-order valence-electron chi connectivity index (χ0n) is 11.3. The predicted octanol–water partition coefficient (Wildman–Crippen LogP) is 2.85. The SMILES string of the molecule is CC(C)Oc1c(NC2CCCCC2)n[nH]c1[N+](=O)[O-]. The molecule has 7 heteroatoms. The largest absolute Gasteiger partial charge is 0.480 e. The second-order valence-electron chi connectivity index (χ2n) is 5.15. The molecule has 0 spiro atoms. The van der Waals surface area contributed by atoms with Gasteiger partial charge in [-0.3, -0.25) is 0 Å². The minimum Gasteiger partial charge on any atom is -0.480 e. The minimum absolute atomic E-state index is 0.136. The molecule has 1 saturated carbocycles. The molecule has 0 aliphatic heterocycles. The van der Waals surface area contributed by atoms with Crippen LogP contribution in [0.15, 0.2) is 0 Å². The summed E-state index contributed by atoms with van der Waals surface area (Å²) in [6.07, 6.45) is 5.63. The first-order chi connectivity index (χ1) is 9.08. The van der Waals surface area contributed by atoms with E-state index in [-0.39, 0.29) is 17.7 Å². The van der Waals surface area contributed by atoms with Crippen LogP contribution >= 0.6 is 0 Å². The van der Waals surface area contributed by atoms with Crippen LogP contribution in [-0.4, -0.2) is 27.3 Å². The van der Waals surface area contributed by atoms with Crippen molar-refractivity contribution < 1.29 is 9.66 Å². The molecular formula is C12H20N4O3. The summed E-state index contributed by atoms with van der Waals surface area (Å²) in [5, 5.41) is 20.6. The Balaban J connectivity index is 2.16. The van der Waals surface area contributed by atoms with Crippen molar-refractivity contribution in [3.05, 3.63) is 10.1 Å². The van der Waals surface area contributed by atoms with Crippen molar-refractivity contribution in [3.63, 3.8) is 0 Å². The van der Waals surface area contributed by atoms with E-state index in [4.69, 9.17) is 4.74 Å². The molecule has 2 rings (SSSR count). The highest BCUT2D eigenvalue weighted by Crippen LogP contribution is 2.34. The average molecular weight is 268 g/mol. The molecule has 7 nitrogen and oxygen atoms in total. The van der Waals surface area contributed by atoms with Gasteiger partial charge in [-0.25, -0.2) is 0 Å². The first-order valence-corrected chi connectivity index (χ1v) is 6.74. The summed E-state index contributed by atoms with van der Waals surface area (Å²) in [5.74, 6) is 0.477. The quantitative estimate of drug-likeness (QED) is 0.632. The smallest absolute Gasteiger partial charge is 0.387 e. The molecule has 1 aromatic heterocycles. The Morgan fingerprint density at radius 2 is 2.11 bits per heavy atom. The topological polar surface area (TPSA) is 93.1 Å². The van der Waals surface area contributed by atoms with Crippen molar-refractivity contribution in [3.8, 4) is 5.75 Å². The van der Waals surface area contributed by atoms with E-state index < -0.39 is 4.92 Å². The van der Waals surface area contributed by atoms with Gasteiger partial charge in [0.05, 0.1) is 6.10 Å². The Morgan fingerprint density at radius 3 is 2.68 bits per heavy atom. The zero-order chi connectivity index (χ0) is 13.8. The van der Waals surface area contributed by atoms with E-state index in [0.717, 1.165) is 12.8 Å². The standard InChI is InChI=1S/C12H20N4O3/c1-8(2)19-10-11(14-15-12(10)16(17)18)13-9-6-4-3-5-7-9/h8-9H,3-7H2,1-2H3,(H2,13,14,15). The van der Waals surface area contributed by atoms with E-state index in [0.29, 0.717) is 11.9 Å². The molecule has 1 aromatic rings. The first kappa shape index (κ1) is 13.6. The molecule has 0 atom stereocenters. The van der Waals surface area contributed by atoms with Gasteiger partial charge in [0.1, 0.15) is 0 Å². The molecule has 1 fully saturated rings. The number of nitrogens with zero attached hydrogens (tertiary/aromatic N) is 2. The highest BCUT2D eigenvalue weighted by molar-refractivity contribution is 5.59. The van der Waals surface area contributed by atoms with Crippen molar-refractivity contribution in [2.45, 2.75) is 58.1 Å². The highest BCUT2D eigenvalue weighted by Gasteiger charge is 2.26. The molecule has 0 saturated heterocycles. The van der Waals surface area contributed by atoms with E-state index >= 15 is 0 Å². The van der Waals surface area contributed by atoms with E-state index in [9.17, 15) is 10.1 Å². The van der Waals surface area contributed by atoms with Crippen LogP contribution in [-0.2, 0) is 0 Å². The Hall–Kier alpha value is -1.79. The first-order valence-electron chi connectivity index (χ1n) is 6.74. The van der Waals surface area contributed by atoms with Gasteiger partial charge in [0, 0.05) is 6.04 Å². The monoisotopic (exact) mass is 268 g/mol. The van der Waals surface area contributed by atoms with Crippen molar-refractivity contribution in [2.75, 3.05) is 5.32 Å². The van der Waals surface area contributed by atoms with Gasteiger partial charge in [-0.1, -0.05) is 24.4 Å². The van der Waals surface area contributed by atoms with Crippen LogP contribution in [0.4, 0.5) is 11.6 Å². The number of nitro groups is 1. The number of hydrogen-bond donors (Lipinski definition) is 2. The van der Waals surface area contributed by atoms with Gasteiger partial charge in [-0.15, -0.1) is 5.10 Å². The van der Waals surface area contributed by atoms with E-state index in [2.05, 4.69) is 15.5 Å². The molecular weight excluding hydrogens is 248 g/mol. The van der Waals surface area contributed by atoms with Crippen LogP contribution in [0.1, 0.15) is 46.0 Å². The van der Waals surface area contributed by atoms with Crippen LogP contribution in [0, 0.1) is 10.1 Å². The number of ether oxygens (including phenoxy) is 1. The molecule has 0 bridgehead atoms. The number of anilines is 1. The number of aromatic amines is 1. The fourth-order valence-corrected chi connectivity index (χ4v) is 2.33. The Bertz CT molecular complexity index is 438. The van der Waals surface area contributed by atoms with Crippen LogP contribution in [0.3, 0.4) is 0 Å². The second-order valence-corrected chi connectivity index (χ2v) is 5.15. The summed E-state index contributed by atoms with van der Waals surface area (Å²) in [4.78, 5) is 10.4. The van der Waals surface area contributed by atoms with E-state index in [1.165, 1.54) is 19.3 Å². The Labute approximate surface area is 111 Å². The number of hydrogen-bond acceptors (Lipinski definition) is 5. The van der Waals surface area contributed by atoms with Gasteiger partial charge in [0.25, 0.3) is 5.75 Å². The minimum atomic E-state index is -0.503. The molecule has 2 N–H and O–H groups in total. The predicted molar refractivity (Wildman–Crippen MR) is 71.5 cm³/mol. The van der Waals surface area contributed by atoms with Gasteiger partial charge in [-0.05, 0) is 31.6 Å². The van der Waals surface area contributed by atoms with Crippen LogP contribution < -0.4 is 10.1 Å². The molecule has 0 aromatic carbocycles. The van der Waals surface area contributed by atoms with Crippen LogP contribution in [0.25, 0.3) is 0 Å². The maximum Gasteiger partial charge on any atom is 0.387 e. The normalized spacial score (nSPS) is 16.6. The zero-order valence-corrected chi connectivity index (χ0v) is 11.3. The molecule has 106 valence electrons. The summed E-state index contributed by atoms with van der Waals surface area (Å²) < 4.78 is 5.52. The van der Waals surface area contributed by atoms with Gasteiger partial charge >= 0.3 is 5.82 Å². The number of H-pyrrole nitrogens is 1.